The summed E-state index contributed by atoms with van der Waals surface area (Å²) >= 11 is 0. The quantitative estimate of drug-likeness (QED) is 0.409. The summed E-state index contributed by atoms with van der Waals surface area (Å²) in [6, 6.07) is 0. The van der Waals surface area contributed by atoms with Crippen molar-refractivity contribution in [3.63, 3.8) is 0 Å². The Morgan fingerprint density at radius 2 is 1.61 bits per heavy atom. The molecule has 4 saturated carbocycles. The minimum Gasteiger partial charge on any atom is -0.481 e. The second-order valence-corrected chi connectivity index (χ2v) is 12.8. The van der Waals surface area contributed by atoms with E-state index in [4.69, 9.17) is 0 Å². The van der Waals surface area contributed by atoms with Crippen molar-refractivity contribution in [2.75, 3.05) is 0 Å². The van der Waals surface area contributed by atoms with Crippen LogP contribution in [0.5, 0.6) is 0 Å². The normalized spacial score (nSPS) is 49.9. The Balaban J connectivity index is 1.53. The minimum absolute atomic E-state index is 0.0217. The summed E-state index contributed by atoms with van der Waals surface area (Å²) in [5.74, 6) is -0.384. The third-order valence-electron chi connectivity index (χ3n) is 11.3. The van der Waals surface area contributed by atoms with Crippen LogP contribution in [0.25, 0.3) is 0 Å². The van der Waals surface area contributed by atoms with Crippen molar-refractivity contribution in [3.8, 4) is 0 Å². The van der Waals surface area contributed by atoms with Gasteiger partial charge in [0.1, 0.15) is 0 Å². The number of carboxylic acids is 1. The summed E-state index contributed by atoms with van der Waals surface area (Å²) in [6.07, 6.45) is 5.10. The number of carbonyl (C=O) groups is 1. The lowest BCUT2D eigenvalue weighted by atomic mass is 9.43. The average molecular weight is 467 g/mol. The molecule has 6 heteroatoms. The summed E-state index contributed by atoms with van der Waals surface area (Å²) in [5, 5.41) is 53.1. The van der Waals surface area contributed by atoms with Crippen molar-refractivity contribution in [1.29, 1.82) is 0 Å². The van der Waals surface area contributed by atoms with E-state index in [1.165, 1.54) is 0 Å². The van der Waals surface area contributed by atoms with Crippen molar-refractivity contribution in [3.05, 3.63) is 0 Å². The molecule has 4 rings (SSSR count). The summed E-state index contributed by atoms with van der Waals surface area (Å²) in [5.41, 5.74) is -0.0296. The van der Waals surface area contributed by atoms with Crippen molar-refractivity contribution in [2.24, 2.45) is 52.3 Å². The molecule has 4 fully saturated rings. The van der Waals surface area contributed by atoms with E-state index in [1.807, 2.05) is 0 Å². The lowest BCUT2D eigenvalue weighted by molar-refractivity contribution is -0.186. The van der Waals surface area contributed by atoms with E-state index >= 15 is 0 Å². The van der Waals surface area contributed by atoms with Gasteiger partial charge in [-0.25, -0.2) is 0 Å². The molecule has 0 bridgehead atoms. The highest BCUT2D eigenvalue weighted by Gasteiger charge is 2.65. The first kappa shape index (κ1) is 25.4. The van der Waals surface area contributed by atoms with Gasteiger partial charge in [-0.15, -0.1) is 0 Å². The van der Waals surface area contributed by atoms with Gasteiger partial charge in [-0.05, 0) is 104 Å². The molecule has 0 amide bonds. The van der Waals surface area contributed by atoms with Gasteiger partial charge in [0, 0.05) is 0 Å². The van der Waals surface area contributed by atoms with Gasteiger partial charge in [-0.1, -0.05) is 27.7 Å². The Morgan fingerprint density at radius 3 is 2.27 bits per heavy atom. The second kappa shape index (κ2) is 9.07. The Labute approximate surface area is 198 Å². The van der Waals surface area contributed by atoms with Crippen molar-refractivity contribution in [2.45, 2.75) is 110 Å². The number of hydrogen-bond donors (Lipinski definition) is 5. The molecule has 0 saturated heterocycles. The Kier molecular flexibility index (Phi) is 6.98. The molecule has 0 aromatic carbocycles. The molecule has 5 N–H and O–H groups in total. The van der Waals surface area contributed by atoms with E-state index in [2.05, 4.69) is 20.8 Å². The average Bonchev–Trinajstić information content (AvgIpc) is 3.03. The summed E-state index contributed by atoms with van der Waals surface area (Å²) < 4.78 is 0. The highest BCUT2D eigenvalue weighted by molar-refractivity contribution is 5.69. The van der Waals surface area contributed by atoms with E-state index < -0.39 is 30.2 Å². The fourth-order valence-electron chi connectivity index (χ4n) is 9.19. The molecule has 0 heterocycles. The Bertz CT molecular complexity index is 727. The first-order chi connectivity index (χ1) is 15.4. The van der Waals surface area contributed by atoms with Gasteiger partial charge in [-0.3, -0.25) is 4.79 Å². The first-order valence-corrected chi connectivity index (χ1v) is 13.3. The van der Waals surface area contributed by atoms with Crippen LogP contribution in [0.3, 0.4) is 0 Å². The van der Waals surface area contributed by atoms with Gasteiger partial charge in [0.15, 0.2) is 0 Å². The number of hydrogen-bond acceptors (Lipinski definition) is 5. The van der Waals surface area contributed by atoms with Crippen molar-refractivity contribution >= 4 is 5.97 Å². The van der Waals surface area contributed by atoms with Gasteiger partial charge in [0.05, 0.1) is 30.3 Å². The van der Waals surface area contributed by atoms with Crippen LogP contribution in [0.1, 0.15) is 85.5 Å². The molecule has 0 aliphatic heterocycles. The maximum Gasteiger partial charge on any atom is 0.306 e. The predicted octanol–water partition coefficient (Wildman–Crippen LogP) is 3.45. The largest absolute Gasteiger partial charge is 0.481 e. The maximum absolute atomic E-state index is 11.4. The van der Waals surface area contributed by atoms with Crippen LogP contribution in [0.4, 0.5) is 0 Å². The zero-order chi connectivity index (χ0) is 24.3. The van der Waals surface area contributed by atoms with Gasteiger partial charge in [0.25, 0.3) is 0 Å². The molecule has 33 heavy (non-hydrogen) atoms. The number of aliphatic hydroxyl groups excluding tert-OH is 4. The summed E-state index contributed by atoms with van der Waals surface area (Å²) in [7, 11) is 0. The maximum atomic E-state index is 11.4. The van der Waals surface area contributed by atoms with Gasteiger partial charge < -0.3 is 25.5 Å². The second-order valence-electron chi connectivity index (χ2n) is 12.8. The lowest BCUT2D eigenvalue weighted by Gasteiger charge is -2.62. The Morgan fingerprint density at radius 1 is 0.939 bits per heavy atom. The third kappa shape index (κ3) is 4.17. The van der Waals surface area contributed by atoms with Crippen molar-refractivity contribution < 1.29 is 30.3 Å². The fourth-order valence-corrected chi connectivity index (χ4v) is 9.19. The number of carboxylic acid groups (broad SMARTS) is 1. The number of aliphatic hydroxyl groups is 4. The molecule has 1 unspecified atom stereocenters. The molecule has 13 atom stereocenters. The molecule has 4 aliphatic rings. The minimum atomic E-state index is -0.829. The number of fused-ring (bicyclic) bond motifs is 5. The van der Waals surface area contributed by atoms with Crippen LogP contribution in [-0.4, -0.2) is 55.9 Å². The lowest BCUT2D eigenvalue weighted by Crippen LogP contribution is -2.60. The van der Waals surface area contributed by atoms with Crippen LogP contribution in [0, 0.1) is 52.3 Å². The molecule has 0 radical (unpaired) electrons. The zero-order valence-corrected chi connectivity index (χ0v) is 20.9. The topological polar surface area (TPSA) is 118 Å². The fraction of sp³-hybridized carbons (Fsp3) is 0.963. The highest BCUT2D eigenvalue weighted by Crippen LogP contribution is 2.68. The van der Waals surface area contributed by atoms with Crippen molar-refractivity contribution in [1.82, 2.24) is 0 Å². The highest BCUT2D eigenvalue weighted by atomic mass is 16.4. The van der Waals surface area contributed by atoms with E-state index in [-0.39, 0.29) is 40.6 Å². The van der Waals surface area contributed by atoms with E-state index in [9.17, 15) is 30.3 Å². The smallest absolute Gasteiger partial charge is 0.306 e. The molecule has 0 aromatic heterocycles. The van der Waals surface area contributed by atoms with Gasteiger partial charge in [0.2, 0.25) is 0 Å². The number of rotatable bonds is 6. The first-order valence-electron chi connectivity index (χ1n) is 13.3. The molecular weight excluding hydrogens is 420 g/mol. The molecule has 4 aliphatic carbocycles. The third-order valence-corrected chi connectivity index (χ3v) is 11.3. The monoisotopic (exact) mass is 466 g/mol. The standard InChI is InChI=1S/C27H46O6/c1-14(25(32)33)5-6-20(29)15(2)19-13-22(31)24-23-18(8-10-27(19,24)4)26(3)9-7-17(28)11-16(26)12-21(23)30/h14-24,28-31H,5-13H2,1-4H3,(H,32,33)/t14?,15-,16-,17+,18-,19+,20-,21+,22-,23-,24-,26-,27+/m0/s1. The molecular formula is C27H46O6. The predicted molar refractivity (Wildman–Crippen MR) is 125 cm³/mol. The van der Waals surface area contributed by atoms with Gasteiger partial charge >= 0.3 is 5.97 Å². The van der Waals surface area contributed by atoms with E-state index in [1.54, 1.807) is 6.92 Å². The molecule has 0 aromatic rings. The van der Waals surface area contributed by atoms with Crippen LogP contribution >= 0.6 is 0 Å². The van der Waals surface area contributed by atoms with Crippen LogP contribution < -0.4 is 0 Å². The Hall–Kier alpha value is -0.690. The SMILES string of the molecule is CC(CC[C@H](O)[C@@H](C)[C@H]1C[C@H](O)[C@H]2[C@@H]3[C@H](O)C[C@@H]4C[C@H](O)CC[C@]4(C)[C@H]3CC[C@@]21C)C(=O)O. The van der Waals surface area contributed by atoms with Crippen LogP contribution in [0.2, 0.25) is 0 Å². The molecule has 190 valence electrons. The van der Waals surface area contributed by atoms with Crippen LogP contribution in [-0.2, 0) is 4.79 Å². The zero-order valence-electron chi connectivity index (χ0n) is 20.9. The molecule has 6 nitrogen and oxygen atoms in total. The summed E-state index contributed by atoms with van der Waals surface area (Å²) in [6.45, 7) is 8.37. The molecule has 0 spiro atoms. The van der Waals surface area contributed by atoms with E-state index in [0.29, 0.717) is 37.5 Å². The number of aliphatic carboxylic acids is 1. The van der Waals surface area contributed by atoms with Gasteiger partial charge in [-0.2, -0.15) is 0 Å². The van der Waals surface area contributed by atoms with E-state index in [0.717, 1.165) is 32.1 Å². The van der Waals surface area contributed by atoms with Crippen LogP contribution in [0.15, 0.2) is 0 Å². The summed E-state index contributed by atoms with van der Waals surface area (Å²) in [4.78, 5) is 11.2.